The molecule has 1 saturated heterocycles. The molecule has 0 aromatic rings. The molecule has 1 heterocycles. The molecule has 0 N–H and O–H groups in total. The van der Waals surface area contributed by atoms with Gasteiger partial charge in [0.15, 0.2) is 0 Å². The lowest BCUT2D eigenvalue weighted by Crippen LogP contribution is -2.23. The second-order valence-corrected chi connectivity index (χ2v) is 2.74. The van der Waals surface area contributed by atoms with E-state index in [4.69, 9.17) is 15.9 Å². The molecule has 10 heavy (non-hydrogen) atoms. The van der Waals surface area contributed by atoms with E-state index in [1.807, 2.05) is 13.8 Å². The smallest absolute Gasteiger partial charge is 0.231 e. The summed E-state index contributed by atoms with van der Waals surface area (Å²) >= 11 is 0. The normalized spacial score (nSPS) is 37.4. The summed E-state index contributed by atoms with van der Waals surface area (Å²) in [5.74, 6) is 1.66. The SMILES string of the molecule is C#CC1(C)O[C@H](C)[C@@H](C)O1. The van der Waals surface area contributed by atoms with Crippen LogP contribution in [0.4, 0.5) is 0 Å². The summed E-state index contributed by atoms with van der Waals surface area (Å²) < 4.78 is 10.7. The standard InChI is InChI=1S/C8H12O2/c1-5-8(4)9-6(2)7(3)10-8/h1,6-7H,2-4H3/t6-,7-/m1/s1. The fourth-order valence-electron chi connectivity index (χ4n) is 0.997. The van der Waals surface area contributed by atoms with Crippen molar-refractivity contribution >= 4 is 0 Å². The highest BCUT2D eigenvalue weighted by atomic mass is 16.7. The zero-order valence-electron chi connectivity index (χ0n) is 6.55. The zero-order chi connectivity index (χ0) is 7.78. The molecule has 0 aromatic heterocycles. The highest BCUT2D eigenvalue weighted by Crippen LogP contribution is 2.26. The Hall–Kier alpha value is -0.520. The molecule has 0 saturated carbocycles. The summed E-state index contributed by atoms with van der Waals surface area (Å²) in [5.41, 5.74) is 0. The molecule has 0 spiro atoms. The Morgan fingerprint density at radius 1 is 1.30 bits per heavy atom. The zero-order valence-corrected chi connectivity index (χ0v) is 6.55. The number of rotatable bonds is 0. The maximum atomic E-state index is 5.35. The van der Waals surface area contributed by atoms with Crippen molar-refractivity contribution < 1.29 is 9.47 Å². The van der Waals surface area contributed by atoms with E-state index in [1.165, 1.54) is 0 Å². The van der Waals surface area contributed by atoms with Gasteiger partial charge in [0, 0.05) is 6.92 Å². The van der Waals surface area contributed by atoms with Gasteiger partial charge in [-0.25, -0.2) is 0 Å². The average Bonchev–Trinajstić information content (AvgIpc) is 2.10. The van der Waals surface area contributed by atoms with Crippen molar-refractivity contribution in [1.82, 2.24) is 0 Å². The van der Waals surface area contributed by atoms with Crippen LogP contribution in [0.5, 0.6) is 0 Å². The molecule has 1 aliphatic heterocycles. The Kier molecular flexibility index (Phi) is 1.72. The van der Waals surface area contributed by atoms with Crippen molar-refractivity contribution in [2.45, 2.75) is 38.8 Å². The summed E-state index contributed by atoms with van der Waals surface area (Å²) in [4.78, 5) is 0. The van der Waals surface area contributed by atoms with Gasteiger partial charge < -0.3 is 9.47 Å². The van der Waals surface area contributed by atoms with Gasteiger partial charge in [0.05, 0.1) is 12.2 Å². The summed E-state index contributed by atoms with van der Waals surface area (Å²) in [6.07, 6.45) is 5.39. The topological polar surface area (TPSA) is 18.5 Å². The van der Waals surface area contributed by atoms with Crippen LogP contribution in [-0.2, 0) is 9.47 Å². The molecule has 0 aromatic carbocycles. The summed E-state index contributed by atoms with van der Waals surface area (Å²) in [6.45, 7) is 5.66. The second kappa shape index (κ2) is 2.26. The Balaban J connectivity index is 2.66. The van der Waals surface area contributed by atoms with Crippen molar-refractivity contribution in [1.29, 1.82) is 0 Å². The fourth-order valence-corrected chi connectivity index (χ4v) is 0.997. The van der Waals surface area contributed by atoms with E-state index < -0.39 is 5.79 Å². The third-order valence-electron chi connectivity index (χ3n) is 1.74. The predicted octanol–water partition coefficient (Wildman–Crippen LogP) is 1.16. The van der Waals surface area contributed by atoms with Crippen LogP contribution in [0.3, 0.4) is 0 Å². The maximum Gasteiger partial charge on any atom is 0.231 e. The molecule has 2 heteroatoms. The van der Waals surface area contributed by atoms with Crippen molar-refractivity contribution in [3.8, 4) is 12.3 Å². The van der Waals surface area contributed by atoms with E-state index in [1.54, 1.807) is 6.92 Å². The molecule has 1 fully saturated rings. The quantitative estimate of drug-likeness (QED) is 0.470. The van der Waals surface area contributed by atoms with Crippen molar-refractivity contribution in [3.63, 3.8) is 0 Å². The van der Waals surface area contributed by atoms with Gasteiger partial charge in [0.2, 0.25) is 5.79 Å². The van der Waals surface area contributed by atoms with Crippen molar-refractivity contribution in [2.75, 3.05) is 0 Å². The lowest BCUT2D eigenvalue weighted by Gasteiger charge is -2.14. The van der Waals surface area contributed by atoms with Crippen LogP contribution < -0.4 is 0 Å². The highest BCUT2D eigenvalue weighted by Gasteiger charge is 2.38. The molecule has 0 amide bonds. The van der Waals surface area contributed by atoms with E-state index >= 15 is 0 Å². The van der Waals surface area contributed by atoms with Gasteiger partial charge >= 0.3 is 0 Å². The van der Waals surface area contributed by atoms with Gasteiger partial charge in [0.1, 0.15) is 0 Å². The molecule has 1 aliphatic rings. The van der Waals surface area contributed by atoms with Crippen LogP contribution in [0.2, 0.25) is 0 Å². The van der Waals surface area contributed by atoms with Crippen LogP contribution in [-0.4, -0.2) is 18.0 Å². The Morgan fingerprint density at radius 2 is 1.70 bits per heavy atom. The van der Waals surface area contributed by atoms with E-state index in [-0.39, 0.29) is 12.2 Å². The minimum atomic E-state index is -0.793. The van der Waals surface area contributed by atoms with Crippen LogP contribution in [0.25, 0.3) is 0 Å². The maximum absolute atomic E-state index is 5.35. The second-order valence-electron chi connectivity index (χ2n) is 2.74. The first-order valence-corrected chi connectivity index (χ1v) is 3.41. The summed E-state index contributed by atoms with van der Waals surface area (Å²) in [5, 5.41) is 0. The van der Waals surface area contributed by atoms with Gasteiger partial charge in [-0.2, -0.15) is 0 Å². The van der Waals surface area contributed by atoms with Gasteiger partial charge in [-0.15, -0.1) is 6.42 Å². The van der Waals surface area contributed by atoms with Crippen LogP contribution in [0.1, 0.15) is 20.8 Å². The molecule has 56 valence electrons. The lowest BCUT2D eigenvalue weighted by atomic mass is 10.3. The molecule has 0 unspecified atom stereocenters. The summed E-state index contributed by atoms with van der Waals surface area (Å²) in [7, 11) is 0. The van der Waals surface area contributed by atoms with Gasteiger partial charge in [-0.1, -0.05) is 0 Å². The molecular formula is C8H12O2. The molecule has 2 atom stereocenters. The third-order valence-corrected chi connectivity index (χ3v) is 1.74. The largest absolute Gasteiger partial charge is 0.334 e. The molecule has 0 radical (unpaired) electrons. The highest BCUT2D eigenvalue weighted by molar-refractivity contribution is 5.03. The molecule has 0 aliphatic carbocycles. The Bertz CT molecular complexity index is 159. The van der Waals surface area contributed by atoms with Gasteiger partial charge in [-0.3, -0.25) is 0 Å². The van der Waals surface area contributed by atoms with E-state index in [9.17, 15) is 0 Å². The lowest BCUT2D eigenvalue weighted by molar-refractivity contribution is -0.110. The number of terminal acetylenes is 1. The van der Waals surface area contributed by atoms with Crippen LogP contribution in [0, 0.1) is 12.3 Å². The first-order chi connectivity index (χ1) is 4.57. The van der Waals surface area contributed by atoms with Gasteiger partial charge in [-0.05, 0) is 19.8 Å². The fraction of sp³-hybridized carbons (Fsp3) is 0.750. The minimum absolute atomic E-state index is 0.0982. The first kappa shape index (κ1) is 7.59. The molecule has 0 bridgehead atoms. The van der Waals surface area contributed by atoms with E-state index in [0.29, 0.717) is 0 Å². The monoisotopic (exact) mass is 140 g/mol. The number of ether oxygens (including phenoxy) is 2. The average molecular weight is 140 g/mol. The molecule has 2 nitrogen and oxygen atoms in total. The van der Waals surface area contributed by atoms with E-state index in [2.05, 4.69) is 5.92 Å². The number of hydrogen-bond acceptors (Lipinski definition) is 2. The first-order valence-electron chi connectivity index (χ1n) is 3.41. The van der Waals surface area contributed by atoms with E-state index in [0.717, 1.165) is 0 Å². The molecular weight excluding hydrogens is 128 g/mol. The van der Waals surface area contributed by atoms with Crippen molar-refractivity contribution in [3.05, 3.63) is 0 Å². The van der Waals surface area contributed by atoms with Crippen molar-refractivity contribution in [2.24, 2.45) is 0 Å². The van der Waals surface area contributed by atoms with Crippen LogP contribution in [0.15, 0.2) is 0 Å². The van der Waals surface area contributed by atoms with Crippen LogP contribution >= 0.6 is 0 Å². The van der Waals surface area contributed by atoms with Gasteiger partial charge in [0.25, 0.3) is 0 Å². The number of hydrogen-bond donors (Lipinski definition) is 0. The minimum Gasteiger partial charge on any atom is -0.334 e. The summed E-state index contributed by atoms with van der Waals surface area (Å²) in [6, 6.07) is 0. The Morgan fingerprint density at radius 3 is 1.90 bits per heavy atom. The molecule has 1 rings (SSSR count). The predicted molar refractivity (Wildman–Crippen MR) is 38.3 cm³/mol. The third kappa shape index (κ3) is 1.16. The Labute approximate surface area is 61.5 Å².